The average Bonchev–Trinajstić information content (AvgIpc) is 2.55. The zero-order valence-corrected chi connectivity index (χ0v) is 12.4. The van der Waals surface area contributed by atoms with Crippen LogP contribution < -0.4 is 16.0 Å². The van der Waals surface area contributed by atoms with Crippen LogP contribution in [0.15, 0.2) is 36.4 Å². The van der Waals surface area contributed by atoms with Crippen molar-refractivity contribution in [1.82, 2.24) is 5.32 Å². The summed E-state index contributed by atoms with van der Waals surface area (Å²) in [6.07, 6.45) is 0. The van der Waals surface area contributed by atoms with E-state index in [2.05, 4.69) is 16.0 Å². The molecule has 8 heteroatoms. The number of para-hydroxylation sites is 1. The van der Waals surface area contributed by atoms with Crippen LogP contribution in [-0.2, 0) is 0 Å². The van der Waals surface area contributed by atoms with Crippen molar-refractivity contribution in [3.8, 4) is 6.07 Å². The van der Waals surface area contributed by atoms with Crippen LogP contribution in [0.3, 0.4) is 0 Å². The zero-order valence-electron chi connectivity index (χ0n) is 12.4. The first-order valence-electron chi connectivity index (χ1n) is 6.94. The van der Waals surface area contributed by atoms with E-state index in [1.165, 1.54) is 24.3 Å². The van der Waals surface area contributed by atoms with E-state index in [4.69, 9.17) is 5.26 Å². The van der Waals surface area contributed by atoms with Crippen molar-refractivity contribution in [2.45, 2.75) is 0 Å². The third-order valence-corrected chi connectivity index (χ3v) is 3.05. The Kier molecular flexibility index (Phi) is 5.63. The second-order valence-corrected chi connectivity index (χ2v) is 4.68. The summed E-state index contributed by atoms with van der Waals surface area (Å²) in [6.45, 7) is 0.272. The maximum Gasteiger partial charge on any atom is 0.319 e. The molecule has 0 aliphatic heterocycles. The van der Waals surface area contributed by atoms with Crippen molar-refractivity contribution >= 4 is 17.4 Å². The molecule has 0 unspecified atom stereocenters. The van der Waals surface area contributed by atoms with Gasteiger partial charge in [0, 0.05) is 13.1 Å². The van der Waals surface area contributed by atoms with E-state index in [0.29, 0.717) is 5.69 Å². The lowest BCUT2D eigenvalue weighted by atomic mass is 10.2. The minimum atomic E-state index is -0.887. The second-order valence-electron chi connectivity index (χ2n) is 4.68. The number of hydrogen-bond acceptors (Lipinski definition) is 3. The molecular formula is C16H13F3N4O. The molecule has 3 N–H and O–H groups in total. The lowest BCUT2D eigenvalue weighted by molar-refractivity contribution is 0.252. The van der Waals surface area contributed by atoms with Crippen LogP contribution in [0.25, 0.3) is 0 Å². The van der Waals surface area contributed by atoms with Gasteiger partial charge in [-0.3, -0.25) is 0 Å². The molecule has 0 heterocycles. The smallest absolute Gasteiger partial charge is 0.319 e. The zero-order chi connectivity index (χ0) is 17.5. The minimum Gasteiger partial charge on any atom is -0.382 e. The Labute approximate surface area is 136 Å². The predicted molar refractivity (Wildman–Crippen MR) is 83.0 cm³/mol. The number of hydrogen-bond donors (Lipinski definition) is 3. The topological polar surface area (TPSA) is 77.0 Å². The highest BCUT2D eigenvalue weighted by Gasteiger charge is 2.11. The maximum atomic E-state index is 13.4. The first kappa shape index (κ1) is 17.1. The van der Waals surface area contributed by atoms with Crippen molar-refractivity contribution in [2.24, 2.45) is 0 Å². The third-order valence-electron chi connectivity index (χ3n) is 3.05. The number of anilines is 2. The molecular weight excluding hydrogens is 321 g/mol. The Morgan fingerprint density at radius 2 is 1.62 bits per heavy atom. The summed E-state index contributed by atoms with van der Waals surface area (Å²) in [7, 11) is 0. The van der Waals surface area contributed by atoms with E-state index in [1.54, 1.807) is 6.07 Å². The molecule has 0 saturated heterocycles. The number of carbonyl (C=O) groups is 1. The summed E-state index contributed by atoms with van der Waals surface area (Å²) in [5, 5.41) is 16.1. The van der Waals surface area contributed by atoms with Gasteiger partial charge in [0.25, 0.3) is 0 Å². The maximum absolute atomic E-state index is 13.4. The van der Waals surface area contributed by atoms with E-state index in [-0.39, 0.29) is 18.7 Å². The number of urea groups is 1. The van der Waals surface area contributed by atoms with Gasteiger partial charge < -0.3 is 16.0 Å². The normalized spacial score (nSPS) is 9.92. The summed E-state index contributed by atoms with van der Waals surface area (Å²) in [4.78, 5) is 11.6. The number of nitrogens with one attached hydrogen (secondary N) is 3. The largest absolute Gasteiger partial charge is 0.382 e. The molecule has 0 radical (unpaired) electrons. The quantitative estimate of drug-likeness (QED) is 0.735. The standard InChI is InChI=1S/C16H13F3N4O/c17-11-3-2-6-14(10(11)9-20)21-7-8-22-16(24)23-15-12(18)4-1-5-13(15)19/h1-6,21H,7-8H2,(H2,22,23,24). The van der Waals surface area contributed by atoms with Crippen LogP contribution in [0.1, 0.15) is 5.56 Å². The van der Waals surface area contributed by atoms with E-state index in [9.17, 15) is 18.0 Å². The monoisotopic (exact) mass is 334 g/mol. The van der Waals surface area contributed by atoms with E-state index in [0.717, 1.165) is 12.1 Å². The molecule has 0 aliphatic carbocycles. The third kappa shape index (κ3) is 4.16. The lowest BCUT2D eigenvalue weighted by Crippen LogP contribution is -2.33. The summed E-state index contributed by atoms with van der Waals surface area (Å²) >= 11 is 0. The SMILES string of the molecule is N#Cc1c(F)cccc1NCCNC(=O)Nc1c(F)cccc1F. The summed E-state index contributed by atoms with van der Waals surface area (Å²) in [5.74, 6) is -2.42. The van der Waals surface area contributed by atoms with Gasteiger partial charge >= 0.3 is 6.03 Å². The molecule has 0 saturated carbocycles. The highest BCUT2D eigenvalue weighted by Crippen LogP contribution is 2.18. The first-order valence-corrected chi connectivity index (χ1v) is 6.94. The van der Waals surface area contributed by atoms with Gasteiger partial charge in [-0.2, -0.15) is 5.26 Å². The number of nitriles is 1. The van der Waals surface area contributed by atoms with Gasteiger partial charge in [0.05, 0.1) is 5.69 Å². The van der Waals surface area contributed by atoms with Gasteiger partial charge in [-0.25, -0.2) is 18.0 Å². The molecule has 2 rings (SSSR count). The van der Waals surface area contributed by atoms with Crippen LogP contribution in [0.2, 0.25) is 0 Å². The van der Waals surface area contributed by atoms with Gasteiger partial charge in [-0.05, 0) is 24.3 Å². The van der Waals surface area contributed by atoms with Gasteiger partial charge in [0.1, 0.15) is 34.8 Å². The molecule has 0 aromatic heterocycles. The van der Waals surface area contributed by atoms with Crippen LogP contribution in [0.4, 0.5) is 29.3 Å². The highest BCUT2D eigenvalue weighted by molar-refractivity contribution is 5.89. The molecule has 0 bridgehead atoms. The highest BCUT2D eigenvalue weighted by atomic mass is 19.1. The number of nitrogens with zero attached hydrogens (tertiary/aromatic N) is 1. The van der Waals surface area contributed by atoms with Crippen LogP contribution in [-0.4, -0.2) is 19.1 Å². The molecule has 24 heavy (non-hydrogen) atoms. The number of benzene rings is 2. The van der Waals surface area contributed by atoms with E-state index in [1.807, 2.05) is 0 Å². The van der Waals surface area contributed by atoms with Gasteiger partial charge in [0.2, 0.25) is 0 Å². The summed E-state index contributed by atoms with van der Waals surface area (Å²) < 4.78 is 40.2. The average molecular weight is 334 g/mol. The lowest BCUT2D eigenvalue weighted by Gasteiger charge is -2.11. The van der Waals surface area contributed by atoms with Gasteiger partial charge in [-0.15, -0.1) is 0 Å². The molecule has 0 atom stereocenters. The Bertz CT molecular complexity index is 769. The molecule has 2 amide bonds. The second kappa shape index (κ2) is 7.87. The summed E-state index contributed by atoms with van der Waals surface area (Å²) in [6, 6.07) is 8.31. The number of amides is 2. The molecule has 0 aliphatic rings. The van der Waals surface area contributed by atoms with Gasteiger partial charge in [0.15, 0.2) is 0 Å². The Hall–Kier alpha value is -3.21. The number of rotatable bonds is 5. The first-order chi connectivity index (χ1) is 11.5. The van der Waals surface area contributed by atoms with Crippen LogP contribution in [0, 0.1) is 28.8 Å². The van der Waals surface area contributed by atoms with Crippen molar-refractivity contribution in [3.05, 3.63) is 59.4 Å². The molecule has 0 spiro atoms. The predicted octanol–water partition coefficient (Wildman–Crippen LogP) is 3.21. The minimum absolute atomic E-state index is 0.0866. The Morgan fingerprint density at radius 3 is 2.29 bits per heavy atom. The molecule has 5 nitrogen and oxygen atoms in total. The van der Waals surface area contributed by atoms with Gasteiger partial charge in [-0.1, -0.05) is 12.1 Å². The fourth-order valence-electron chi connectivity index (χ4n) is 1.93. The van der Waals surface area contributed by atoms with Crippen molar-refractivity contribution in [1.29, 1.82) is 5.26 Å². The Morgan fingerprint density at radius 1 is 1.00 bits per heavy atom. The fourth-order valence-corrected chi connectivity index (χ4v) is 1.93. The van der Waals surface area contributed by atoms with Crippen LogP contribution in [0.5, 0.6) is 0 Å². The van der Waals surface area contributed by atoms with E-state index < -0.39 is 29.2 Å². The molecule has 2 aromatic carbocycles. The molecule has 124 valence electrons. The van der Waals surface area contributed by atoms with Crippen LogP contribution >= 0.6 is 0 Å². The van der Waals surface area contributed by atoms with E-state index >= 15 is 0 Å². The number of carbonyl (C=O) groups excluding carboxylic acids is 1. The summed E-state index contributed by atoms with van der Waals surface area (Å²) in [5.41, 5.74) is -0.380. The van der Waals surface area contributed by atoms with Crippen molar-refractivity contribution in [3.63, 3.8) is 0 Å². The molecule has 2 aromatic rings. The van der Waals surface area contributed by atoms with Crippen molar-refractivity contribution in [2.75, 3.05) is 23.7 Å². The van der Waals surface area contributed by atoms with Crippen molar-refractivity contribution < 1.29 is 18.0 Å². The Balaban J connectivity index is 1.84. The number of halogens is 3. The fraction of sp³-hybridized carbons (Fsp3) is 0.125. The molecule has 0 fully saturated rings.